The highest BCUT2D eigenvalue weighted by atomic mass is 32.1. The summed E-state index contributed by atoms with van der Waals surface area (Å²) in [6.07, 6.45) is 29.8. The van der Waals surface area contributed by atoms with Gasteiger partial charge in [-0.2, -0.15) is 0 Å². The molecule has 1 fully saturated rings. The van der Waals surface area contributed by atoms with Gasteiger partial charge in [-0.3, -0.25) is 29.9 Å². The Morgan fingerprint density at radius 1 is 0.547 bits per heavy atom. The first-order valence-electron chi connectivity index (χ1n) is 26.4. The van der Waals surface area contributed by atoms with Crippen LogP contribution in [0.15, 0.2) is 114 Å². The Hall–Kier alpha value is -5.83. The second-order valence-corrected chi connectivity index (χ2v) is 20.1. The number of ether oxygens (including phenoxy) is 1. The van der Waals surface area contributed by atoms with Crippen LogP contribution in [0.1, 0.15) is 159 Å². The Kier molecular flexibility index (Phi) is 44.3. The zero-order valence-corrected chi connectivity index (χ0v) is 51.4. The van der Waals surface area contributed by atoms with Crippen LogP contribution in [0.5, 0.6) is 0 Å². The highest BCUT2D eigenvalue weighted by molar-refractivity contribution is 7.11. The minimum absolute atomic E-state index is 0.546. The second kappa shape index (κ2) is 46.7. The second-order valence-electron chi connectivity index (χ2n) is 17.6. The number of rotatable bonds is 0. The van der Waals surface area contributed by atoms with Crippen molar-refractivity contribution in [2.45, 2.75) is 195 Å². The van der Waals surface area contributed by atoms with Gasteiger partial charge in [0.25, 0.3) is 0 Å². The summed E-state index contributed by atoms with van der Waals surface area (Å²) in [5, 5.41) is 1.15. The van der Waals surface area contributed by atoms with Crippen LogP contribution in [0.25, 0.3) is 0 Å². The highest BCUT2D eigenvalue weighted by Crippen LogP contribution is 2.11. The van der Waals surface area contributed by atoms with Crippen molar-refractivity contribution in [2.75, 3.05) is 6.61 Å². The zero-order valence-electron chi connectivity index (χ0n) is 49.7. The number of aromatic nitrogens is 9. The van der Waals surface area contributed by atoms with Crippen molar-refractivity contribution >= 4 is 34.6 Å². The lowest BCUT2D eigenvalue weighted by Gasteiger charge is -1.97. The molecular weight excluding hydrogens is 967 g/mol. The SMILES string of the molecule is CC.CC.CC1=NC(C)CC1.CC1CCC=N1.CC1CCCO1.Cc1ccc(C)nc1.Cc1cccnc1.Cc1cnc(C)c(C)c1.Cc1cnc(C)nc1.Cc1cnc(C)s1.Cc1cncnc1.Cc1cncs1. The normalized spacial score (nSPS) is 14.7. The molecule has 1 saturated heterocycles. The van der Waals surface area contributed by atoms with Crippen LogP contribution in [0, 0.1) is 83.1 Å². The lowest BCUT2D eigenvalue weighted by atomic mass is 10.2. The zero-order chi connectivity index (χ0) is 56.8. The third-order valence-electron chi connectivity index (χ3n) is 9.83. The van der Waals surface area contributed by atoms with Gasteiger partial charge in [0, 0.05) is 108 Å². The Balaban J connectivity index is 0. The quantitative estimate of drug-likeness (QED) is 0.144. The van der Waals surface area contributed by atoms with E-state index in [1.165, 1.54) is 82.6 Å². The Morgan fingerprint density at radius 3 is 1.41 bits per heavy atom. The minimum atomic E-state index is 0.546. The first kappa shape index (κ1) is 71.2. The van der Waals surface area contributed by atoms with E-state index >= 15 is 0 Å². The lowest BCUT2D eigenvalue weighted by molar-refractivity contribution is 0.125. The van der Waals surface area contributed by atoms with E-state index < -0.39 is 0 Å². The molecule has 3 unspecified atom stereocenters. The smallest absolute Gasteiger partial charge is 0.125 e. The predicted octanol–water partition coefficient (Wildman–Crippen LogP) is 16.3. The molecule has 10 rings (SSSR count). The molecule has 14 heteroatoms. The van der Waals surface area contributed by atoms with Crippen LogP contribution in [0.3, 0.4) is 0 Å². The van der Waals surface area contributed by atoms with E-state index in [4.69, 9.17) is 4.74 Å². The maximum atomic E-state index is 5.15. The van der Waals surface area contributed by atoms with E-state index in [1.807, 2.05) is 163 Å². The fraction of sp³-hybridized carbons (Fsp3) is 0.492. The molecule has 3 aliphatic rings. The van der Waals surface area contributed by atoms with Gasteiger partial charge in [0.1, 0.15) is 12.2 Å². The van der Waals surface area contributed by atoms with Crippen LogP contribution < -0.4 is 0 Å². The van der Waals surface area contributed by atoms with Crippen LogP contribution in [-0.2, 0) is 4.74 Å². The van der Waals surface area contributed by atoms with Gasteiger partial charge < -0.3 is 4.74 Å². The van der Waals surface area contributed by atoms with Crippen molar-refractivity contribution in [1.29, 1.82) is 0 Å². The van der Waals surface area contributed by atoms with Crippen molar-refractivity contribution in [2.24, 2.45) is 9.98 Å². The first-order valence-corrected chi connectivity index (χ1v) is 28.1. The van der Waals surface area contributed by atoms with Crippen LogP contribution in [0.2, 0.25) is 0 Å². The predicted molar refractivity (Wildman–Crippen MR) is 324 cm³/mol. The minimum Gasteiger partial charge on any atom is -0.379 e. The number of aliphatic imine (C=N–C) groups is 2. The average Bonchev–Trinajstić information content (AvgIpc) is 4.30. The van der Waals surface area contributed by atoms with E-state index in [0.29, 0.717) is 18.2 Å². The van der Waals surface area contributed by atoms with Crippen LogP contribution >= 0.6 is 22.7 Å². The molecule has 7 aromatic rings. The first-order chi connectivity index (χ1) is 35.8. The molecule has 0 radical (unpaired) electrons. The van der Waals surface area contributed by atoms with Crippen molar-refractivity contribution < 1.29 is 4.74 Å². The number of nitrogens with zero attached hydrogens (tertiary/aromatic N) is 11. The van der Waals surface area contributed by atoms with E-state index in [0.717, 1.165) is 40.0 Å². The van der Waals surface area contributed by atoms with E-state index in [-0.39, 0.29) is 0 Å². The Bertz CT molecular complexity index is 2270. The molecule has 0 bridgehead atoms. The van der Waals surface area contributed by atoms with Gasteiger partial charge in [0.2, 0.25) is 0 Å². The molecule has 3 aliphatic heterocycles. The van der Waals surface area contributed by atoms with Gasteiger partial charge in [-0.1, -0.05) is 45.9 Å². The molecule has 7 aromatic heterocycles. The average molecular weight is 1060 g/mol. The number of hydrogen-bond acceptors (Lipinski definition) is 14. The highest BCUT2D eigenvalue weighted by Gasteiger charge is 2.08. The summed E-state index contributed by atoms with van der Waals surface area (Å²) in [6, 6.07) is 11.4. The third-order valence-corrected chi connectivity index (χ3v) is 11.4. The summed E-state index contributed by atoms with van der Waals surface area (Å²) in [4.78, 5) is 46.5. The molecule has 0 aliphatic carbocycles. The summed E-state index contributed by atoms with van der Waals surface area (Å²) in [6.45, 7) is 41.6. The van der Waals surface area contributed by atoms with Crippen LogP contribution in [0.4, 0.5) is 0 Å². The van der Waals surface area contributed by atoms with Gasteiger partial charge in [0.05, 0.1) is 16.6 Å². The largest absolute Gasteiger partial charge is 0.379 e. The Morgan fingerprint density at radius 2 is 1.16 bits per heavy atom. The van der Waals surface area contributed by atoms with Gasteiger partial charge in [-0.15, -0.1) is 22.7 Å². The van der Waals surface area contributed by atoms with E-state index in [9.17, 15) is 0 Å². The summed E-state index contributed by atoms with van der Waals surface area (Å²) in [5.74, 6) is 0.829. The van der Waals surface area contributed by atoms with Crippen molar-refractivity contribution in [1.82, 2.24) is 44.9 Å². The number of hydrogen-bond donors (Lipinski definition) is 0. The van der Waals surface area contributed by atoms with Gasteiger partial charge in [-0.25, -0.2) is 24.9 Å². The molecule has 3 atom stereocenters. The molecule has 10 heterocycles. The molecule has 412 valence electrons. The van der Waals surface area contributed by atoms with E-state index in [2.05, 4.69) is 115 Å². The topological polar surface area (TPSA) is 150 Å². The summed E-state index contributed by atoms with van der Waals surface area (Å²) in [7, 11) is 0. The van der Waals surface area contributed by atoms with E-state index in [1.54, 1.807) is 41.3 Å². The van der Waals surface area contributed by atoms with Gasteiger partial charge in [0.15, 0.2) is 0 Å². The standard InChI is InChI=1S/C8H11N.C7H9N.C6H8N2.C6H11N.C6H7N.C5H6N2.C5H7NS.C5H9N.C5H10O.C4H5NS.2C2H6/c1-6-4-7(2)8(3)9-5-6;1-6-3-4-7(2)8-5-6;1-5-3-7-6(2)8-4-5;1-5-3-4-6(2)7-5;1-6-3-2-4-7-5-6;1-5-2-6-4-7-3-5;1-4-3-6-5(2)7-4;2*1-5-3-2-4-6-5;1-4-2-5-3-6-4;2*1-2/h4-5H,1-3H3;3-5H,1-2H3;3-4H,1-2H3;5H,3-4H2,1-2H3;2-5H,1H3;2-4H,1H3;3H,1-2H3;4-5H,2-3H2,1H3;5H,2-4H2,1H3;2-3H,1H3;2*1-2H3. The number of pyridine rings is 3. The van der Waals surface area contributed by atoms with Gasteiger partial charge in [-0.05, 0) is 201 Å². The maximum absolute atomic E-state index is 5.15. The molecular formula is C61H95N11OS2. The number of aryl methyl sites for hydroxylation is 12. The molecule has 0 aromatic carbocycles. The molecule has 12 nitrogen and oxygen atoms in total. The molecule has 0 saturated carbocycles. The summed E-state index contributed by atoms with van der Waals surface area (Å²) >= 11 is 3.40. The number of thiazole rings is 2. The molecule has 0 N–H and O–H groups in total. The van der Waals surface area contributed by atoms with Crippen molar-refractivity contribution in [3.05, 3.63) is 169 Å². The molecule has 0 amide bonds. The fourth-order valence-corrected chi connectivity index (χ4v) is 6.74. The monoisotopic (exact) mass is 1060 g/mol. The summed E-state index contributed by atoms with van der Waals surface area (Å²) in [5.41, 5.74) is 12.5. The van der Waals surface area contributed by atoms with Crippen molar-refractivity contribution in [3.8, 4) is 0 Å². The third kappa shape index (κ3) is 44.2. The molecule has 0 spiro atoms. The fourth-order valence-electron chi connectivity index (χ4n) is 5.66. The Labute approximate surface area is 463 Å². The summed E-state index contributed by atoms with van der Waals surface area (Å²) < 4.78 is 5.15. The maximum Gasteiger partial charge on any atom is 0.125 e. The van der Waals surface area contributed by atoms with Crippen LogP contribution in [-0.4, -0.2) is 81.6 Å². The van der Waals surface area contributed by atoms with Gasteiger partial charge >= 0.3 is 0 Å². The lowest BCUT2D eigenvalue weighted by Crippen LogP contribution is -1.94. The van der Waals surface area contributed by atoms with Crippen molar-refractivity contribution in [3.63, 3.8) is 0 Å². The molecule has 75 heavy (non-hydrogen) atoms.